The van der Waals surface area contributed by atoms with Crippen molar-refractivity contribution in [2.24, 2.45) is 0 Å². The molecule has 0 unspecified atom stereocenters. The summed E-state index contributed by atoms with van der Waals surface area (Å²) >= 11 is 0. The Morgan fingerprint density at radius 3 is 2.25 bits per heavy atom. The van der Waals surface area contributed by atoms with Gasteiger partial charge in [0.15, 0.2) is 0 Å². The van der Waals surface area contributed by atoms with Crippen molar-refractivity contribution in [2.45, 2.75) is 13.8 Å². The average molecular weight is 215 g/mol. The summed E-state index contributed by atoms with van der Waals surface area (Å²) in [7, 11) is 0. The van der Waals surface area contributed by atoms with Crippen molar-refractivity contribution in [3.8, 4) is 11.1 Å². The van der Waals surface area contributed by atoms with Gasteiger partial charge in [0.05, 0.1) is 0 Å². The molecule has 0 saturated carbocycles. The van der Waals surface area contributed by atoms with Crippen LogP contribution in [0.1, 0.15) is 11.1 Å². The van der Waals surface area contributed by atoms with Crippen LogP contribution in [0.15, 0.2) is 36.4 Å². The molecule has 0 radical (unpaired) electrons. The minimum Gasteiger partial charge on any atom is -0.398 e. The molecule has 0 amide bonds. The molecule has 2 rings (SSSR count). The fourth-order valence-corrected chi connectivity index (χ4v) is 1.65. The van der Waals surface area contributed by atoms with Crippen molar-refractivity contribution in [3.63, 3.8) is 0 Å². The Morgan fingerprint density at radius 1 is 1.00 bits per heavy atom. The van der Waals surface area contributed by atoms with Crippen molar-refractivity contribution in [3.05, 3.63) is 53.3 Å². The Balaban J connectivity index is 2.56. The summed E-state index contributed by atoms with van der Waals surface area (Å²) in [6.07, 6.45) is 0. The lowest BCUT2D eigenvalue weighted by molar-refractivity contribution is 0.631. The van der Waals surface area contributed by atoms with Crippen LogP contribution in [0.5, 0.6) is 0 Å². The third-order valence-corrected chi connectivity index (χ3v) is 2.72. The lowest BCUT2D eigenvalue weighted by atomic mass is 10.0. The van der Waals surface area contributed by atoms with Gasteiger partial charge in [-0.05, 0) is 37.1 Å². The lowest BCUT2D eigenvalue weighted by Crippen LogP contribution is -1.93. The van der Waals surface area contributed by atoms with Crippen LogP contribution in [0.2, 0.25) is 0 Å². The van der Waals surface area contributed by atoms with Crippen molar-refractivity contribution in [1.82, 2.24) is 0 Å². The zero-order valence-electron chi connectivity index (χ0n) is 9.42. The van der Waals surface area contributed by atoms with Crippen molar-refractivity contribution >= 4 is 5.69 Å². The number of nitrogen functional groups attached to an aromatic ring is 1. The molecular weight excluding hydrogens is 201 g/mol. The van der Waals surface area contributed by atoms with E-state index in [2.05, 4.69) is 0 Å². The van der Waals surface area contributed by atoms with Gasteiger partial charge in [-0.3, -0.25) is 0 Å². The SMILES string of the molecule is Cc1ccc(-c2cc(C)c(N)cc2F)cc1. The molecule has 2 heteroatoms. The minimum absolute atomic E-state index is 0.271. The van der Waals surface area contributed by atoms with Gasteiger partial charge in [0, 0.05) is 11.3 Å². The van der Waals surface area contributed by atoms with E-state index in [0.717, 1.165) is 16.7 Å². The molecule has 0 saturated heterocycles. The molecule has 0 heterocycles. The average Bonchev–Trinajstić information content (AvgIpc) is 2.25. The first-order valence-electron chi connectivity index (χ1n) is 5.20. The maximum Gasteiger partial charge on any atom is 0.133 e. The highest BCUT2D eigenvalue weighted by Gasteiger charge is 2.07. The van der Waals surface area contributed by atoms with Gasteiger partial charge >= 0.3 is 0 Å². The normalized spacial score (nSPS) is 10.4. The zero-order chi connectivity index (χ0) is 11.7. The standard InChI is InChI=1S/C14H14FN/c1-9-3-5-11(6-4-9)12-7-10(2)14(16)8-13(12)15/h3-8H,16H2,1-2H3. The summed E-state index contributed by atoms with van der Waals surface area (Å²) < 4.78 is 13.7. The summed E-state index contributed by atoms with van der Waals surface area (Å²) in [5, 5.41) is 0. The quantitative estimate of drug-likeness (QED) is 0.721. The largest absolute Gasteiger partial charge is 0.398 e. The van der Waals surface area contributed by atoms with Crippen LogP contribution in [0, 0.1) is 19.7 Å². The van der Waals surface area contributed by atoms with E-state index in [4.69, 9.17) is 5.73 Å². The molecule has 0 aliphatic heterocycles. The van der Waals surface area contributed by atoms with Crippen molar-refractivity contribution < 1.29 is 4.39 Å². The summed E-state index contributed by atoms with van der Waals surface area (Å²) in [4.78, 5) is 0. The van der Waals surface area contributed by atoms with Gasteiger partial charge in [-0.25, -0.2) is 4.39 Å². The Hall–Kier alpha value is -1.83. The molecule has 1 nitrogen and oxygen atoms in total. The maximum absolute atomic E-state index is 13.7. The smallest absolute Gasteiger partial charge is 0.133 e. The van der Waals surface area contributed by atoms with Gasteiger partial charge in [0.1, 0.15) is 5.82 Å². The maximum atomic E-state index is 13.7. The molecule has 16 heavy (non-hydrogen) atoms. The van der Waals surface area contributed by atoms with E-state index in [9.17, 15) is 4.39 Å². The molecule has 0 spiro atoms. The second kappa shape index (κ2) is 3.97. The number of hydrogen-bond acceptors (Lipinski definition) is 1. The summed E-state index contributed by atoms with van der Waals surface area (Å²) in [5.74, 6) is -0.271. The predicted octanol–water partition coefficient (Wildman–Crippen LogP) is 3.69. The number of aryl methyl sites for hydroxylation is 2. The Bertz CT molecular complexity index is 515. The molecular formula is C14H14FN. The van der Waals surface area contributed by atoms with Crippen molar-refractivity contribution in [2.75, 3.05) is 5.73 Å². The van der Waals surface area contributed by atoms with Crippen LogP contribution in [0.3, 0.4) is 0 Å². The van der Waals surface area contributed by atoms with Gasteiger partial charge in [0.2, 0.25) is 0 Å². The van der Waals surface area contributed by atoms with E-state index in [1.165, 1.54) is 6.07 Å². The Morgan fingerprint density at radius 2 is 1.62 bits per heavy atom. The van der Waals surface area contributed by atoms with E-state index >= 15 is 0 Å². The number of halogens is 1. The zero-order valence-corrected chi connectivity index (χ0v) is 9.42. The Labute approximate surface area is 94.7 Å². The number of hydrogen-bond donors (Lipinski definition) is 1. The first-order chi connectivity index (χ1) is 7.58. The summed E-state index contributed by atoms with van der Waals surface area (Å²) in [6, 6.07) is 11.0. The predicted molar refractivity (Wildman–Crippen MR) is 65.7 cm³/mol. The van der Waals surface area contributed by atoms with Crippen LogP contribution in [0.4, 0.5) is 10.1 Å². The second-order valence-electron chi connectivity index (χ2n) is 4.05. The molecule has 0 aliphatic rings. The number of nitrogens with two attached hydrogens (primary N) is 1. The molecule has 0 fully saturated rings. The van der Waals surface area contributed by atoms with Gasteiger partial charge in [-0.2, -0.15) is 0 Å². The van der Waals surface area contributed by atoms with E-state index in [0.29, 0.717) is 11.3 Å². The highest BCUT2D eigenvalue weighted by molar-refractivity contribution is 5.68. The summed E-state index contributed by atoms with van der Waals surface area (Å²) in [6.45, 7) is 3.89. The van der Waals surface area contributed by atoms with Crippen LogP contribution in [-0.2, 0) is 0 Å². The number of rotatable bonds is 1. The van der Waals surface area contributed by atoms with E-state index in [-0.39, 0.29) is 5.82 Å². The molecule has 82 valence electrons. The Kier molecular flexibility index (Phi) is 2.65. The molecule has 0 aromatic heterocycles. The fourth-order valence-electron chi connectivity index (χ4n) is 1.65. The van der Waals surface area contributed by atoms with E-state index < -0.39 is 0 Å². The molecule has 0 aliphatic carbocycles. The van der Waals surface area contributed by atoms with Crippen LogP contribution < -0.4 is 5.73 Å². The number of benzene rings is 2. The van der Waals surface area contributed by atoms with Gasteiger partial charge in [-0.15, -0.1) is 0 Å². The van der Waals surface area contributed by atoms with E-state index in [1.54, 1.807) is 6.07 Å². The molecule has 2 N–H and O–H groups in total. The first kappa shape index (κ1) is 10.7. The molecule has 0 atom stereocenters. The van der Waals surface area contributed by atoms with Crippen LogP contribution >= 0.6 is 0 Å². The molecule has 0 bridgehead atoms. The first-order valence-corrected chi connectivity index (χ1v) is 5.20. The number of anilines is 1. The highest BCUT2D eigenvalue weighted by atomic mass is 19.1. The molecule has 2 aromatic rings. The highest BCUT2D eigenvalue weighted by Crippen LogP contribution is 2.27. The van der Waals surface area contributed by atoms with E-state index in [1.807, 2.05) is 38.1 Å². The van der Waals surface area contributed by atoms with Crippen LogP contribution in [-0.4, -0.2) is 0 Å². The van der Waals surface area contributed by atoms with Crippen LogP contribution in [0.25, 0.3) is 11.1 Å². The lowest BCUT2D eigenvalue weighted by Gasteiger charge is -2.07. The topological polar surface area (TPSA) is 26.0 Å². The monoisotopic (exact) mass is 215 g/mol. The van der Waals surface area contributed by atoms with Gasteiger partial charge in [-0.1, -0.05) is 29.8 Å². The third-order valence-electron chi connectivity index (χ3n) is 2.72. The third kappa shape index (κ3) is 1.91. The van der Waals surface area contributed by atoms with Crippen molar-refractivity contribution in [1.29, 1.82) is 0 Å². The minimum atomic E-state index is -0.271. The van der Waals surface area contributed by atoms with Gasteiger partial charge < -0.3 is 5.73 Å². The molecule has 2 aromatic carbocycles. The second-order valence-corrected chi connectivity index (χ2v) is 4.05. The fraction of sp³-hybridized carbons (Fsp3) is 0.143. The summed E-state index contributed by atoms with van der Waals surface area (Å²) in [5.41, 5.74) is 9.69. The van der Waals surface area contributed by atoms with Gasteiger partial charge in [0.25, 0.3) is 0 Å².